The summed E-state index contributed by atoms with van der Waals surface area (Å²) in [5.41, 5.74) is -1.08. The number of nitrogens with one attached hydrogen (secondary N) is 1. The topological polar surface area (TPSA) is 122 Å². The van der Waals surface area contributed by atoms with Gasteiger partial charge in [0.25, 0.3) is 0 Å². The van der Waals surface area contributed by atoms with Crippen LogP contribution >= 0.6 is 0 Å². The number of carboxylic acids is 1. The Labute approximate surface area is 103 Å². The molecular weight excluding hydrogens is 244 g/mol. The largest absolute Gasteiger partial charge is 0.476 e. The standard InChI is InChI=1S/C10H14N2O6/c1-10(2,3)18-9(16)12-6(13)7-11-5(4-17-7)8(14)15/h4,6,13H,1-3H3,(H,12,16)(H,14,15). The lowest BCUT2D eigenvalue weighted by molar-refractivity contribution is 0.0305. The van der Waals surface area contributed by atoms with Crippen molar-refractivity contribution in [2.75, 3.05) is 0 Å². The van der Waals surface area contributed by atoms with E-state index in [0.29, 0.717) is 0 Å². The second-order valence-electron chi connectivity index (χ2n) is 4.42. The van der Waals surface area contributed by atoms with Gasteiger partial charge in [-0.2, -0.15) is 0 Å². The second kappa shape index (κ2) is 5.05. The molecular formula is C10H14N2O6. The van der Waals surface area contributed by atoms with E-state index < -0.39 is 23.9 Å². The van der Waals surface area contributed by atoms with Crippen LogP contribution in [-0.2, 0) is 4.74 Å². The van der Waals surface area contributed by atoms with Crippen LogP contribution in [0.5, 0.6) is 0 Å². The van der Waals surface area contributed by atoms with Crippen molar-refractivity contribution >= 4 is 12.1 Å². The van der Waals surface area contributed by atoms with Crippen LogP contribution in [0.25, 0.3) is 0 Å². The minimum absolute atomic E-state index is 0.335. The van der Waals surface area contributed by atoms with Crippen LogP contribution in [0.3, 0.4) is 0 Å². The van der Waals surface area contributed by atoms with Gasteiger partial charge in [0.15, 0.2) is 5.69 Å². The van der Waals surface area contributed by atoms with E-state index in [1.165, 1.54) is 0 Å². The molecule has 1 aromatic rings. The van der Waals surface area contributed by atoms with Gasteiger partial charge in [0, 0.05) is 0 Å². The molecule has 18 heavy (non-hydrogen) atoms. The predicted octanol–water partition coefficient (Wildman–Crippen LogP) is 0.888. The fraction of sp³-hybridized carbons (Fsp3) is 0.500. The first kappa shape index (κ1) is 14.0. The van der Waals surface area contributed by atoms with E-state index in [4.69, 9.17) is 14.3 Å². The first-order chi connectivity index (χ1) is 8.19. The van der Waals surface area contributed by atoms with Gasteiger partial charge in [-0.15, -0.1) is 0 Å². The van der Waals surface area contributed by atoms with E-state index >= 15 is 0 Å². The number of carbonyl (C=O) groups excluding carboxylic acids is 1. The molecule has 0 radical (unpaired) electrons. The van der Waals surface area contributed by atoms with Crippen molar-refractivity contribution in [3.8, 4) is 0 Å². The van der Waals surface area contributed by atoms with Crippen molar-refractivity contribution in [1.82, 2.24) is 10.3 Å². The highest BCUT2D eigenvalue weighted by atomic mass is 16.6. The van der Waals surface area contributed by atoms with Crippen LogP contribution in [0.15, 0.2) is 10.7 Å². The van der Waals surface area contributed by atoms with E-state index in [9.17, 15) is 14.7 Å². The lowest BCUT2D eigenvalue weighted by Crippen LogP contribution is -2.35. The van der Waals surface area contributed by atoms with Gasteiger partial charge in [-0.3, -0.25) is 5.32 Å². The van der Waals surface area contributed by atoms with Crippen molar-refractivity contribution in [2.24, 2.45) is 0 Å². The summed E-state index contributed by atoms with van der Waals surface area (Å²) in [6, 6.07) is 0. The Morgan fingerprint density at radius 2 is 2.11 bits per heavy atom. The minimum atomic E-state index is -1.58. The van der Waals surface area contributed by atoms with Gasteiger partial charge in [0.05, 0.1) is 0 Å². The summed E-state index contributed by atoms with van der Waals surface area (Å²) in [5.74, 6) is -1.63. The second-order valence-corrected chi connectivity index (χ2v) is 4.42. The zero-order chi connectivity index (χ0) is 13.9. The molecule has 0 saturated carbocycles. The van der Waals surface area contributed by atoms with Gasteiger partial charge in [-0.25, -0.2) is 14.6 Å². The summed E-state index contributed by atoms with van der Waals surface area (Å²) in [6.45, 7) is 4.98. The van der Waals surface area contributed by atoms with E-state index in [-0.39, 0.29) is 11.6 Å². The molecule has 1 unspecified atom stereocenters. The van der Waals surface area contributed by atoms with Crippen molar-refractivity contribution in [1.29, 1.82) is 0 Å². The molecule has 100 valence electrons. The highest BCUT2D eigenvalue weighted by Crippen LogP contribution is 2.12. The number of nitrogens with zero attached hydrogens (tertiary/aromatic N) is 1. The van der Waals surface area contributed by atoms with Crippen LogP contribution in [0.4, 0.5) is 4.79 Å². The maximum absolute atomic E-state index is 11.3. The third kappa shape index (κ3) is 4.06. The number of alkyl carbamates (subject to hydrolysis) is 1. The number of carbonyl (C=O) groups is 2. The number of carboxylic acid groups (broad SMARTS) is 1. The zero-order valence-electron chi connectivity index (χ0n) is 10.1. The Kier molecular flexibility index (Phi) is 3.92. The predicted molar refractivity (Wildman–Crippen MR) is 57.8 cm³/mol. The number of oxazole rings is 1. The average molecular weight is 258 g/mol. The third-order valence-corrected chi connectivity index (χ3v) is 1.63. The Morgan fingerprint density at radius 3 is 2.56 bits per heavy atom. The van der Waals surface area contributed by atoms with Crippen LogP contribution in [0.1, 0.15) is 43.4 Å². The van der Waals surface area contributed by atoms with E-state index in [2.05, 4.69) is 10.3 Å². The van der Waals surface area contributed by atoms with Crippen LogP contribution < -0.4 is 5.32 Å². The first-order valence-corrected chi connectivity index (χ1v) is 5.05. The monoisotopic (exact) mass is 258 g/mol. The number of aliphatic hydroxyl groups excluding tert-OH is 1. The molecule has 0 aliphatic heterocycles. The molecule has 0 fully saturated rings. The lowest BCUT2D eigenvalue weighted by atomic mass is 10.2. The molecule has 1 atom stereocenters. The highest BCUT2D eigenvalue weighted by molar-refractivity contribution is 5.84. The molecule has 0 spiro atoms. The third-order valence-electron chi connectivity index (χ3n) is 1.63. The van der Waals surface area contributed by atoms with Gasteiger partial charge in [0.1, 0.15) is 11.9 Å². The average Bonchev–Trinajstić information content (AvgIpc) is 2.62. The molecule has 3 N–H and O–H groups in total. The molecule has 8 heteroatoms. The number of hydrogen-bond donors (Lipinski definition) is 3. The molecule has 0 aliphatic rings. The lowest BCUT2D eigenvalue weighted by Gasteiger charge is -2.20. The molecule has 1 rings (SSSR count). The van der Waals surface area contributed by atoms with E-state index in [1.807, 2.05) is 0 Å². The first-order valence-electron chi connectivity index (χ1n) is 5.05. The van der Waals surface area contributed by atoms with Crippen molar-refractivity contribution in [3.63, 3.8) is 0 Å². The van der Waals surface area contributed by atoms with Gasteiger partial charge < -0.3 is 19.4 Å². The van der Waals surface area contributed by atoms with Gasteiger partial charge in [-0.1, -0.05) is 0 Å². The van der Waals surface area contributed by atoms with Gasteiger partial charge in [0.2, 0.25) is 12.1 Å². The number of rotatable bonds is 3. The summed E-state index contributed by atoms with van der Waals surface area (Å²) in [7, 11) is 0. The Hall–Kier alpha value is -2.09. The number of amides is 1. The Balaban J connectivity index is 2.62. The fourth-order valence-corrected chi connectivity index (χ4v) is 0.992. The molecule has 0 aliphatic carbocycles. The van der Waals surface area contributed by atoms with Gasteiger partial charge >= 0.3 is 12.1 Å². The molecule has 1 heterocycles. The summed E-state index contributed by atoms with van der Waals surface area (Å²) < 4.78 is 9.59. The number of hydrogen-bond acceptors (Lipinski definition) is 6. The highest BCUT2D eigenvalue weighted by Gasteiger charge is 2.22. The summed E-state index contributed by atoms with van der Waals surface area (Å²) in [6.07, 6.45) is -1.59. The quantitative estimate of drug-likeness (QED) is 0.688. The maximum atomic E-state index is 11.3. The molecule has 0 aromatic carbocycles. The molecule has 0 bridgehead atoms. The van der Waals surface area contributed by atoms with Crippen LogP contribution in [-0.4, -0.2) is 32.9 Å². The number of ether oxygens (including phenoxy) is 1. The SMILES string of the molecule is CC(C)(C)OC(=O)NC(O)c1nc(C(=O)O)co1. The summed E-state index contributed by atoms with van der Waals surface area (Å²) >= 11 is 0. The zero-order valence-corrected chi connectivity index (χ0v) is 10.1. The normalized spacial score (nSPS) is 12.9. The van der Waals surface area contributed by atoms with Crippen LogP contribution in [0, 0.1) is 0 Å². The van der Waals surface area contributed by atoms with Crippen LogP contribution in [0.2, 0.25) is 0 Å². The van der Waals surface area contributed by atoms with E-state index in [0.717, 1.165) is 6.26 Å². The number of aromatic carboxylic acids is 1. The molecule has 8 nitrogen and oxygen atoms in total. The minimum Gasteiger partial charge on any atom is -0.476 e. The molecule has 1 amide bonds. The summed E-state index contributed by atoms with van der Waals surface area (Å²) in [4.78, 5) is 25.3. The fourth-order valence-electron chi connectivity index (χ4n) is 0.992. The smallest absolute Gasteiger partial charge is 0.410 e. The Morgan fingerprint density at radius 1 is 1.50 bits per heavy atom. The summed E-state index contributed by atoms with van der Waals surface area (Å²) in [5, 5.41) is 20.2. The van der Waals surface area contributed by atoms with Crippen molar-refractivity contribution in [3.05, 3.63) is 17.8 Å². The Bertz CT molecular complexity index is 447. The van der Waals surface area contributed by atoms with Gasteiger partial charge in [-0.05, 0) is 20.8 Å². The molecule has 1 aromatic heterocycles. The van der Waals surface area contributed by atoms with Crippen molar-refractivity contribution in [2.45, 2.75) is 32.6 Å². The number of aromatic nitrogens is 1. The number of aliphatic hydroxyl groups is 1. The maximum Gasteiger partial charge on any atom is 0.410 e. The van der Waals surface area contributed by atoms with Crippen molar-refractivity contribution < 1.29 is 29.0 Å². The van der Waals surface area contributed by atoms with E-state index in [1.54, 1.807) is 20.8 Å². The molecule has 0 saturated heterocycles.